The van der Waals surface area contributed by atoms with Gasteiger partial charge in [-0.25, -0.2) is 21.9 Å². The molecule has 0 unspecified atom stereocenters. The summed E-state index contributed by atoms with van der Waals surface area (Å²) >= 11 is 12.3. The summed E-state index contributed by atoms with van der Waals surface area (Å²) in [6, 6.07) is 10.4. The number of fused-ring (bicyclic) bond motifs is 1. The topological polar surface area (TPSA) is 111 Å². The van der Waals surface area contributed by atoms with Gasteiger partial charge in [-0.1, -0.05) is 29.3 Å². The molecular weight excluding hydrogens is 550 g/mol. The van der Waals surface area contributed by atoms with Gasteiger partial charge in [-0.3, -0.25) is 4.79 Å². The van der Waals surface area contributed by atoms with Crippen molar-refractivity contribution in [3.05, 3.63) is 75.5 Å². The van der Waals surface area contributed by atoms with Crippen LogP contribution in [0.1, 0.15) is 27.6 Å². The van der Waals surface area contributed by atoms with Crippen LogP contribution in [0.15, 0.2) is 53.4 Å². The van der Waals surface area contributed by atoms with E-state index in [9.17, 15) is 22.4 Å². The minimum absolute atomic E-state index is 0.0170. The maximum Gasteiger partial charge on any atom is 0.339 e. The Morgan fingerprint density at radius 3 is 2.62 bits per heavy atom. The average Bonchev–Trinajstić information content (AvgIpc) is 3.31. The van der Waals surface area contributed by atoms with Crippen molar-refractivity contribution >= 4 is 56.5 Å². The fourth-order valence-electron chi connectivity index (χ4n) is 3.59. The summed E-state index contributed by atoms with van der Waals surface area (Å²) in [5.74, 6) is -2.77. The second-order valence-electron chi connectivity index (χ2n) is 7.57. The molecule has 0 aromatic heterocycles. The van der Waals surface area contributed by atoms with Crippen LogP contribution in [-0.4, -0.2) is 40.7 Å². The van der Waals surface area contributed by atoms with Gasteiger partial charge in [0.25, 0.3) is 15.9 Å². The zero-order valence-corrected chi connectivity index (χ0v) is 21.7. The summed E-state index contributed by atoms with van der Waals surface area (Å²) in [4.78, 5) is 24.8. The van der Waals surface area contributed by atoms with E-state index >= 15 is 0 Å². The third kappa shape index (κ3) is 5.02. The Hall–Kier alpha value is -3.54. The van der Waals surface area contributed by atoms with E-state index in [1.54, 1.807) is 6.92 Å². The summed E-state index contributed by atoms with van der Waals surface area (Å²) in [6.45, 7) is 1.22. The summed E-state index contributed by atoms with van der Waals surface area (Å²) in [5, 5.41) is 2.57. The highest BCUT2D eigenvalue weighted by Gasteiger charge is 2.37. The van der Waals surface area contributed by atoms with Gasteiger partial charge in [-0.05, 0) is 49.4 Å². The van der Waals surface area contributed by atoms with Crippen molar-refractivity contribution in [2.45, 2.75) is 11.8 Å². The molecule has 3 aromatic rings. The van der Waals surface area contributed by atoms with E-state index in [0.29, 0.717) is 0 Å². The minimum atomic E-state index is -4.33. The van der Waals surface area contributed by atoms with Gasteiger partial charge in [0, 0.05) is 10.6 Å². The monoisotopic (exact) mass is 568 g/mol. The van der Waals surface area contributed by atoms with Gasteiger partial charge in [0.15, 0.2) is 18.3 Å². The summed E-state index contributed by atoms with van der Waals surface area (Å²) in [7, 11) is -3.04. The zero-order chi connectivity index (χ0) is 26.9. The molecular formula is C24H19Cl2FN2O7S. The van der Waals surface area contributed by atoms with Crippen LogP contribution in [0.3, 0.4) is 0 Å². The number of methoxy groups -OCH3 is 1. The Bertz CT molecular complexity index is 1520. The van der Waals surface area contributed by atoms with E-state index in [0.717, 1.165) is 10.4 Å². The fourth-order valence-corrected chi connectivity index (χ4v) is 5.58. The molecule has 13 heteroatoms. The van der Waals surface area contributed by atoms with Gasteiger partial charge < -0.3 is 19.5 Å². The summed E-state index contributed by atoms with van der Waals surface area (Å²) in [6.07, 6.45) is 0. The molecule has 0 aliphatic carbocycles. The number of esters is 1. The smallest absolute Gasteiger partial charge is 0.339 e. The van der Waals surface area contributed by atoms with E-state index in [2.05, 4.69) is 5.32 Å². The molecule has 1 N–H and O–H groups in total. The first-order valence-corrected chi connectivity index (χ1v) is 12.9. The summed E-state index contributed by atoms with van der Waals surface area (Å²) < 4.78 is 57.9. The van der Waals surface area contributed by atoms with Crippen molar-refractivity contribution in [2.75, 3.05) is 30.1 Å². The van der Waals surface area contributed by atoms with E-state index in [4.69, 9.17) is 37.4 Å². The van der Waals surface area contributed by atoms with Gasteiger partial charge >= 0.3 is 5.97 Å². The van der Waals surface area contributed by atoms with E-state index in [1.807, 2.05) is 0 Å². The first-order valence-electron chi connectivity index (χ1n) is 10.7. The number of amides is 1. The number of sulfonamides is 1. The average molecular weight is 569 g/mol. The highest BCUT2D eigenvalue weighted by molar-refractivity contribution is 7.93. The maximum atomic E-state index is 14.9. The number of nitrogens with one attached hydrogen (secondary N) is 1. The Kier molecular flexibility index (Phi) is 7.49. The maximum absolute atomic E-state index is 14.9. The highest BCUT2D eigenvalue weighted by atomic mass is 35.5. The number of benzene rings is 3. The number of halogens is 3. The van der Waals surface area contributed by atoms with Crippen molar-refractivity contribution in [1.82, 2.24) is 0 Å². The molecule has 0 atom stereocenters. The SMILES string of the molecule is CCOC(=O)c1cccc(NC(=O)c2cc(F)c3c(c2)N(S(=O)(=O)c2cc(Cl)ccc2OC)CO3)c1Cl. The highest BCUT2D eigenvalue weighted by Crippen LogP contribution is 2.42. The van der Waals surface area contributed by atoms with Crippen LogP contribution in [0.4, 0.5) is 15.8 Å². The van der Waals surface area contributed by atoms with Gasteiger partial charge in [0.1, 0.15) is 16.3 Å². The number of nitrogens with zero attached hydrogens (tertiary/aromatic N) is 1. The third-order valence-electron chi connectivity index (χ3n) is 5.32. The molecule has 1 aliphatic rings. The van der Waals surface area contributed by atoms with Crippen molar-refractivity contribution < 1.29 is 36.6 Å². The molecule has 4 rings (SSSR count). The number of hydrogen-bond acceptors (Lipinski definition) is 7. The Morgan fingerprint density at radius 2 is 1.92 bits per heavy atom. The van der Waals surface area contributed by atoms with Crippen LogP contribution in [0.25, 0.3) is 0 Å². The molecule has 194 valence electrons. The second-order valence-corrected chi connectivity index (χ2v) is 10.2. The predicted octanol–water partition coefficient (Wildman–Crippen LogP) is 5.12. The third-order valence-corrected chi connectivity index (χ3v) is 7.72. The van der Waals surface area contributed by atoms with E-state index in [-0.39, 0.29) is 55.5 Å². The largest absolute Gasteiger partial charge is 0.495 e. The van der Waals surface area contributed by atoms with E-state index < -0.39 is 34.4 Å². The molecule has 0 fully saturated rings. The lowest BCUT2D eigenvalue weighted by atomic mass is 10.1. The lowest BCUT2D eigenvalue weighted by Crippen LogP contribution is -2.30. The Balaban J connectivity index is 1.69. The van der Waals surface area contributed by atoms with Crippen LogP contribution < -0.4 is 19.1 Å². The first-order chi connectivity index (χ1) is 17.6. The molecule has 3 aromatic carbocycles. The normalized spacial score (nSPS) is 12.5. The van der Waals surface area contributed by atoms with Gasteiger partial charge in [-0.15, -0.1) is 0 Å². The number of anilines is 2. The first kappa shape index (κ1) is 26.5. The lowest BCUT2D eigenvalue weighted by molar-refractivity contribution is 0.0526. The molecule has 1 heterocycles. The minimum Gasteiger partial charge on any atom is -0.495 e. The van der Waals surface area contributed by atoms with Crippen molar-refractivity contribution in [3.8, 4) is 11.5 Å². The Morgan fingerprint density at radius 1 is 1.16 bits per heavy atom. The van der Waals surface area contributed by atoms with Crippen molar-refractivity contribution in [1.29, 1.82) is 0 Å². The van der Waals surface area contributed by atoms with Crippen LogP contribution in [0.2, 0.25) is 10.0 Å². The molecule has 1 amide bonds. The van der Waals surface area contributed by atoms with Crippen LogP contribution in [0, 0.1) is 5.82 Å². The molecule has 37 heavy (non-hydrogen) atoms. The van der Waals surface area contributed by atoms with Crippen LogP contribution >= 0.6 is 23.2 Å². The van der Waals surface area contributed by atoms with Gasteiger partial charge in [0.2, 0.25) is 0 Å². The summed E-state index contributed by atoms with van der Waals surface area (Å²) in [5.41, 5.74) is -0.318. The van der Waals surface area contributed by atoms with Gasteiger partial charge in [-0.2, -0.15) is 0 Å². The molecule has 0 radical (unpaired) electrons. The fraction of sp³-hybridized carbons (Fsp3) is 0.167. The second kappa shape index (κ2) is 10.4. The molecule has 0 bridgehead atoms. The number of hydrogen-bond donors (Lipinski definition) is 1. The molecule has 9 nitrogen and oxygen atoms in total. The molecule has 0 saturated carbocycles. The molecule has 0 saturated heterocycles. The molecule has 0 spiro atoms. The number of carbonyl (C=O) groups is 2. The molecule has 1 aliphatic heterocycles. The zero-order valence-electron chi connectivity index (χ0n) is 19.4. The standard InChI is InChI=1S/C24H19Cl2FN2O7S/c1-3-35-24(31)15-5-4-6-17(21(15)26)28-23(30)13-9-16(27)22-18(10-13)29(12-36-22)37(32,33)20-11-14(25)7-8-19(20)34-2/h4-11H,3,12H2,1-2H3,(H,28,30). The lowest BCUT2D eigenvalue weighted by Gasteiger charge is -2.19. The van der Waals surface area contributed by atoms with Crippen LogP contribution in [0.5, 0.6) is 11.5 Å². The van der Waals surface area contributed by atoms with Crippen LogP contribution in [-0.2, 0) is 14.8 Å². The number of ether oxygens (including phenoxy) is 3. The number of carbonyl (C=O) groups excluding carboxylic acids is 2. The van der Waals surface area contributed by atoms with Crippen molar-refractivity contribution in [3.63, 3.8) is 0 Å². The van der Waals surface area contributed by atoms with Gasteiger partial charge in [0.05, 0.1) is 30.0 Å². The quantitative estimate of drug-likeness (QED) is 0.394. The van der Waals surface area contributed by atoms with E-state index in [1.165, 1.54) is 49.6 Å². The van der Waals surface area contributed by atoms with Crippen molar-refractivity contribution in [2.24, 2.45) is 0 Å². The Labute approximate surface area is 221 Å². The predicted molar refractivity (Wildman–Crippen MR) is 135 cm³/mol. The number of rotatable bonds is 7.